The third-order valence-corrected chi connectivity index (χ3v) is 4.47. The first kappa shape index (κ1) is 12.8. The molecule has 6 heteroatoms. The molecule has 3 rings (SSSR count). The van der Waals surface area contributed by atoms with Crippen molar-refractivity contribution in [3.05, 3.63) is 56.1 Å². The van der Waals surface area contributed by atoms with Gasteiger partial charge in [-0.1, -0.05) is 30.3 Å². The van der Waals surface area contributed by atoms with E-state index in [1.165, 1.54) is 2.88 Å². The number of aromatic nitrogens is 2. The molecule has 0 aliphatic heterocycles. The Morgan fingerprint density at radius 3 is 2.68 bits per heavy atom. The summed E-state index contributed by atoms with van der Waals surface area (Å²) in [6.07, 6.45) is 0. The smallest absolute Gasteiger partial charge is 0.248 e. The molecule has 0 radical (unpaired) electrons. The summed E-state index contributed by atoms with van der Waals surface area (Å²) >= 11 is 3.90. The Hall–Kier alpha value is -1.25. The van der Waals surface area contributed by atoms with Crippen molar-refractivity contribution >= 4 is 33.9 Å². The van der Waals surface area contributed by atoms with Gasteiger partial charge in [0.05, 0.1) is 8.45 Å². The number of halogens is 1. The van der Waals surface area contributed by atoms with Crippen LogP contribution >= 0.6 is 33.9 Å². The fourth-order valence-electron chi connectivity index (χ4n) is 1.70. The average molecular weight is 383 g/mol. The number of rotatable bonds is 3. The Kier molecular flexibility index (Phi) is 3.63. The minimum atomic E-state index is -0.389. The van der Waals surface area contributed by atoms with Crippen LogP contribution in [0.3, 0.4) is 0 Å². The third kappa shape index (κ3) is 2.70. The summed E-state index contributed by atoms with van der Waals surface area (Å²) in [6, 6.07) is 11.3. The Bertz CT molecular complexity index is 680. The molecule has 4 nitrogen and oxygen atoms in total. The van der Waals surface area contributed by atoms with Crippen molar-refractivity contribution in [2.45, 2.75) is 6.04 Å². The van der Waals surface area contributed by atoms with Gasteiger partial charge in [-0.15, -0.1) is 21.5 Å². The highest BCUT2D eigenvalue weighted by atomic mass is 127. The standard InChI is InChI=1S/C13H10IN3OS/c14-10-6-9(7-19-10)12-16-17-13(18-12)11(15)8-4-2-1-3-5-8/h1-7,11H,15H2. The second-order valence-electron chi connectivity index (χ2n) is 3.97. The van der Waals surface area contributed by atoms with Crippen molar-refractivity contribution in [3.63, 3.8) is 0 Å². The Labute approximate surface area is 127 Å². The molecule has 0 fully saturated rings. The van der Waals surface area contributed by atoms with Crippen molar-refractivity contribution in [1.29, 1.82) is 0 Å². The lowest BCUT2D eigenvalue weighted by atomic mass is 10.1. The van der Waals surface area contributed by atoms with Crippen LogP contribution in [-0.4, -0.2) is 10.2 Å². The SMILES string of the molecule is NC(c1ccccc1)c1nnc(-c2csc(I)c2)o1. The van der Waals surface area contributed by atoms with Crippen molar-refractivity contribution in [1.82, 2.24) is 10.2 Å². The van der Waals surface area contributed by atoms with Crippen LogP contribution in [0, 0.1) is 2.88 Å². The Balaban J connectivity index is 1.89. The lowest BCUT2D eigenvalue weighted by molar-refractivity contribution is 0.484. The van der Waals surface area contributed by atoms with Gasteiger partial charge in [0.2, 0.25) is 11.8 Å². The first-order valence-corrected chi connectivity index (χ1v) is 7.58. The molecule has 1 unspecified atom stereocenters. The maximum absolute atomic E-state index is 6.12. The molecule has 1 atom stereocenters. The van der Waals surface area contributed by atoms with E-state index in [0.29, 0.717) is 11.8 Å². The molecule has 2 heterocycles. The van der Waals surface area contributed by atoms with Gasteiger partial charge in [-0.2, -0.15) is 0 Å². The normalized spacial score (nSPS) is 12.5. The fourth-order valence-corrected chi connectivity index (χ4v) is 3.02. The van der Waals surface area contributed by atoms with Gasteiger partial charge >= 0.3 is 0 Å². The van der Waals surface area contributed by atoms with E-state index in [1.807, 2.05) is 41.8 Å². The van der Waals surface area contributed by atoms with Crippen LogP contribution < -0.4 is 5.73 Å². The Morgan fingerprint density at radius 2 is 2.00 bits per heavy atom. The van der Waals surface area contributed by atoms with E-state index in [1.54, 1.807) is 11.3 Å². The highest BCUT2D eigenvalue weighted by Gasteiger charge is 2.17. The summed E-state index contributed by atoms with van der Waals surface area (Å²) in [4.78, 5) is 0. The van der Waals surface area contributed by atoms with Gasteiger partial charge in [-0.3, -0.25) is 0 Å². The highest BCUT2D eigenvalue weighted by molar-refractivity contribution is 14.1. The summed E-state index contributed by atoms with van der Waals surface area (Å²) in [5.41, 5.74) is 8.01. The molecular weight excluding hydrogens is 373 g/mol. The number of nitrogens with two attached hydrogens (primary N) is 1. The molecule has 2 aromatic heterocycles. The minimum absolute atomic E-state index is 0.389. The average Bonchev–Trinajstić information content (AvgIpc) is 3.07. The molecule has 0 amide bonds. The predicted octanol–water partition coefficient (Wildman–Crippen LogP) is 3.45. The van der Waals surface area contributed by atoms with Crippen LogP contribution in [0.5, 0.6) is 0 Å². The summed E-state index contributed by atoms with van der Waals surface area (Å²) in [7, 11) is 0. The largest absolute Gasteiger partial charge is 0.419 e. The van der Waals surface area contributed by atoms with Crippen molar-refractivity contribution in [3.8, 4) is 11.5 Å². The summed E-state index contributed by atoms with van der Waals surface area (Å²) in [5, 5.41) is 10.1. The van der Waals surface area contributed by atoms with E-state index in [0.717, 1.165) is 11.1 Å². The maximum Gasteiger partial charge on any atom is 0.248 e. The third-order valence-electron chi connectivity index (χ3n) is 2.68. The summed E-state index contributed by atoms with van der Waals surface area (Å²) in [6.45, 7) is 0. The molecule has 19 heavy (non-hydrogen) atoms. The number of hydrogen-bond donors (Lipinski definition) is 1. The molecule has 3 aromatic rings. The summed E-state index contributed by atoms with van der Waals surface area (Å²) < 4.78 is 6.84. The van der Waals surface area contributed by atoms with Crippen LogP contribution in [0.25, 0.3) is 11.5 Å². The second kappa shape index (κ2) is 5.40. The predicted molar refractivity (Wildman–Crippen MR) is 82.8 cm³/mol. The number of thiophene rings is 1. The van der Waals surface area contributed by atoms with Gasteiger partial charge in [0.1, 0.15) is 6.04 Å². The monoisotopic (exact) mass is 383 g/mol. The van der Waals surface area contributed by atoms with E-state index < -0.39 is 0 Å². The molecule has 0 spiro atoms. The molecule has 0 bridgehead atoms. The van der Waals surface area contributed by atoms with Crippen LogP contribution in [0.1, 0.15) is 17.5 Å². The van der Waals surface area contributed by atoms with E-state index in [-0.39, 0.29) is 6.04 Å². The lowest BCUT2D eigenvalue weighted by Crippen LogP contribution is -2.11. The lowest BCUT2D eigenvalue weighted by Gasteiger charge is -2.05. The fraction of sp³-hybridized carbons (Fsp3) is 0.0769. The molecule has 0 saturated carbocycles. The van der Waals surface area contributed by atoms with E-state index in [2.05, 4.69) is 32.8 Å². The number of hydrogen-bond acceptors (Lipinski definition) is 5. The molecule has 0 aliphatic carbocycles. The van der Waals surface area contributed by atoms with Crippen molar-refractivity contribution in [2.24, 2.45) is 5.73 Å². The highest BCUT2D eigenvalue weighted by Crippen LogP contribution is 2.27. The maximum atomic E-state index is 6.12. The van der Waals surface area contributed by atoms with Gasteiger partial charge in [-0.05, 0) is 34.2 Å². The summed E-state index contributed by atoms with van der Waals surface area (Å²) in [5.74, 6) is 0.947. The Morgan fingerprint density at radius 1 is 1.21 bits per heavy atom. The molecule has 2 N–H and O–H groups in total. The van der Waals surface area contributed by atoms with Gasteiger partial charge in [0, 0.05) is 5.38 Å². The van der Waals surface area contributed by atoms with Crippen LogP contribution in [-0.2, 0) is 0 Å². The van der Waals surface area contributed by atoms with Gasteiger partial charge < -0.3 is 10.2 Å². The molecule has 1 aromatic carbocycles. The van der Waals surface area contributed by atoms with E-state index >= 15 is 0 Å². The van der Waals surface area contributed by atoms with E-state index in [9.17, 15) is 0 Å². The zero-order valence-electron chi connectivity index (χ0n) is 9.79. The van der Waals surface area contributed by atoms with Crippen LogP contribution in [0.15, 0.2) is 46.2 Å². The number of benzene rings is 1. The molecule has 0 saturated heterocycles. The zero-order chi connectivity index (χ0) is 13.2. The van der Waals surface area contributed by atoms with E-state index in [4.69, 9.17) is 10.2 Å². The van der Waals surface area contributed by atoms with Crippen LogP contribution in [0.4, 0.5) is 0 Å². The second-order valence-corrected chi connectivity index (χ2v) is 6.78. The zero-order valence-corrected chi connectivity index (χ0v) is 12.8. The van der Waals surface area contributed by atoms with Gasteiger partial charge in [0.25, 0.3) is 0 Å². The minimum Gasteiger partial charge on any atom is -0.419 e. The quantitative estimate of drug-likeness (QED) is 0.704. The van der Waals surface area contributed by atoms with Gasteiger partial charge in [0.15, 0.2) is 0 Å². The number of nitrogens with zero attached hydrogens (tertiary/aromatic N) is 2. The van der Waals surface area contributed by atoms with Crippen molar-refractivity contribution < 1.29 is 4.42 Å². The first-order chi connectivity index (χ1) is 9.24. The van der Waals surface area contributed by atoms with Crippen molar-refractivity contribution in [2.75, 3.05) is 0 Å². The molecular formula is C13H10IN3OS. The first-order valence-electron chi connectivity index (χ1n) is 5.62. The molecule has 0 aliphatic rings. The topological polar surface area (TPSA) is 64.9 Å². The van der Waals surface area contributed by atoms with Gasteiger partial charge in [-0.25, -0.2) is 0 Å². The molecule has 96 valence electrons. The van der Waals surface area contributed by atoms with Crippen LogP contribution in [0.2, 0.25) is 0 Å².